The van der Waals surface area contributed by atoms with Crippen molar-refractivity contribution in [3.63, 3.8) is 0 Å². The second-order valence-corrected chi connectivity index (χ2v) is 32.1. The van der Waals surface area contributed by atoms with Crippen LogP contribution < -0.4 is 0 Å². The molecule has 0 N–H and O–H groups in total. The van der Waals surface area contributed by atoms with Crippen molar-refractivity contribution in [3.05, 3.63) is 212 Å². The standard InChI is InChI=1S/C12H14S.C11H13N.C10H10F4.C10H10FN.C9H10F3N.C8H13F4N.C8H14N2.C8H16.C7H10O/c1-12(2,3)10-8-13-11-7-5-4-6-9(10)11;1-11(2,3)10-7-5-4-6-9(10)8-12;1-6(2)8-5-7(10(12,13)14)3-4-9(8)11;1-7(2)8-3-4-10(11)9(5-8)6-12;1-6(2)7-3-4-8(13-5-7)9(10,11)12;1-6(2)3-13-4-7(9,10)8(11,12)5-13;1-6(2)8-5-7(3)10(4)9-8;1-8(2,3)6-7-4-5-7;1-6(2)7-3-4-8-5-7/h4-8H,1-3H3;4-7H,1-3H3;3-6H,1-2H3;3-5,7H,1-2H3;3-6H,1-2H3;6H,3-5H2,1-2H3;5-6H,1-4H3;7H,4-6H2,1-3H3;3-6H,1-2H3. The third-order valence-electron chi connectivity index (χ3n) is 16.1. The van der Waals surface area contributed by atoms with Crippen LogP contribution in [0, 0.1) is 58.5 Å². The van der Waals surface area contributed by atoms with Gasteiger partial charge in [0.15, 0.2) is 0 Å². The second-order valence-electron chi connectivity index (χ2n) is 31.2. The maximum Gasteiger partial charge on any atom is 0.433 e. The number of benzene rings is 4. The lowest BCUT2D eigenvalue weighted by atomic mass is 9.84. The molecule has 4 aromatic carbocycles. The van der Waals surface area contributed by atoms with E-state index in [4.69, 9.17) is 14.9 Å². The van der Waals surface area contributed by atoms with Crippen LogP contribution in [0.15, 0.2) is 138 Å². The van der Waals surface area contributed by atoms with Crippen LogP contribution >= 0.6 is 11.3 Å². The summed E-state index contributed by atoms with van der Waals surface area (Å²) >= 11 is 1.84. The van der Waals surface area contributed by atoms with Crippen molar-refractivity contribution in [2.45, 2.75) is 236 Å². The molecule has 0 radical (unpaired) electrons. The molecule has 8 aromatic rings. The van der Waals surface area contributed by atoms with Crippen LogP contribution in [-0.4, -0.2) is 51.1 Å². The Bertz CT molecular complexity index is 3820. The second kappa shape index (κ2) is 40.2. The average Bonchev–Trinajstić information content (AvgIpc) is 1.65. The highest BCUT2D eigenvalue weighted by Gasteiger charge is 2.62. The number of likely N-dealkylation sites (tertiary alicyclic amines) is 1. The van der Waals surface area contributed by atoms with Crippen LogP contribution in [0.2, 0.25) is 0 Å². The van der Waals surface area contributed by atoms with Gasteiger partial charge < -0.3 is 4.42 Å². The van der Waals surface area contributed by atoms with Crippen molar-refractivity contribution in [3.8, 4) is 12.1 Å². The number of fused-ring (bicyclic) bond motifs is 1. The zero-order chi connectivity index (χ0) is 79.0. The number of aromatic nitrogens is 3. The molecular formula is C83H110F12N6OS. The van der Waals surface area contributed by atoms with E-state index in [1.165, 1.54) is 70.2 Å². The van der Waals surface area contributed by atoms with Crippen molar-refractivity contribution in [2.24, 2.45) is 24.3 Å². The Morgan fingerprint density at radius 1 is 0.583 bits per heavy atom. The molecule has 0 amide bonds. The van der Waals surface area contributed by atoms with Crippen LogP contribution in [0.25, 0.3) is 10.1 Å². The highest BCUT2D eigenvalue weighted by atomic mass is 32.1. The summed E-state index contributed by atoms with van der Waals surface area (Å²) in [5.74, 6) is -6.11. The molecule has 1 aliphatic heterocycles. The summed E-state index contributed by atoms with van der Waals surface area (Å²) in [6.45, 7) is 44.2. The summed E-state index contributed by atoms with van der Waals surface area (Å²) in [4.78, 5) is 4.46. The molecule has 103 heavy (non-hydrogen) atoms. The number of nitrogens with zero attached hydrogens (tertiary/aromatic N) is 6. The van der Waals surface area contributed by atoms with Crippen molar-refractivity contribution in [1.82, 2.24) is 19.7 Å². The maximum absolute atomic E-state index is 13.0. The average molecular weight is 1470 g/mol. The number of hydrogen-bond acceptors (Lipinski definition) is 7. The van der Waals surface area contributed by atoms with Gasteiger partial charge in [-0.3, -0.25) is 14.6 Å². The molecule has 568 valence electrons. The molecule has 0 bridgehead atoms. The molecule has 1 saturated heterocycles. The van der Waals surface area contributed by atoms with Crippen LogP contribution in [0.1, 0.15) is 261 Å². The SMILES string of the molecule is CC(C)(C)CC1CC1.CC(C)(C)c1ccccc1C#N.CC(C)(C)c1csc2ccccc12.CC(C)CN1CC(F)(F)C(F)(F)C1.CC(C)c1cc(C(F)(F)F)ccc1F.CC(C)c1ccc(C(F)(F)F)nc1.CC(C)c1ccc(F)c(C#N)c1.CC(C)c1ccoc1.Cc1cc(C(C)C)nn1C. The Kier molecular flexibility index (Phi) is 35.8. The molecule has 0 atom stereocenters. The summed E-state index contributed by atoms with van der Waals surface area (Å²) in [6, 6.07) is 34.1. The molecule has 0 unspecified atom stereocenters. The van der Waals surface area contributed by atoms with Gasteiger partial charge in [-0.25, -0.2) is 8.78 Å². The first-order valence-corrected chi connectivity index (χ1v) is 35.7. The Morgan fingerprint density at radius 3 is 1.49 bits per heavy atom. The minimum atomic E-state index is -4.41. The predicted molar refractivity (Wildman–Crippen MR) is 397 cm³/mol. The number of pyridine rings is 1. The zero-order valence-corrected chi connectivity index (χ0v) is 65.3. The van der Waals surface area contributed by atoms with Gasteiger partial charge in [0.2, 0.25) is 0 Å². The van der Waals surface area contributed by atoms with Crippen LogP contribution in [0.5, 0.6) is 0 Å². The Morgan fingerprint density at radius 2 is 1.11 bits per heavy atom. The molecule has 2 fully saturated rings. The van der Waals surface area contributed by atoms with Gasteiger partial charge in [-0.05, 0) is 176 Å². The van der Waals surface area contributed by atoms with Crippen molar-refractivity contribution in [1.29, 1.82) is 10.5 Å². The van der Waals surface area contributed by atoms with E-state index < -0.39 is 60.2 Å². The molecule has 10 rings (SSSR count). The molecule has 20 heteroatoms. The highest BCUT2D eigenvalue weighted by Crippen LogP contribution is 2.42. The van der Waals surface area contributed by atoms with Gasteiger partial charge >= 0.3 is 24.2 Å². The number of halogens is 12. The number of alkyl halides is 10. The summed E-state index contributed by atoms with van der Waals surface area (Å²) in [7, 11) is 1.97. The molecule has 2 aliphatic rings. The lowest BCUT2D eigenvalue weighted by Crippen LogP contribution is -2.38. The lowest BCUT2D eigenvalue weighted by molar-refractivity contribution is -0.172. The van der Waals surface area contributed by atoms with Crippen molar-refractivity contribution in [2.75, 3.05) is 19.6 Å². The van der Waals surface area contributed by atoms with E-state index in [-0.39, 0.29) is 39.7 Å². The fraction of sp³-hybridized carbons (Fsp3) is 0.518. The van der Waals surface area contributed by atoms with E-state index in [9.17, 15) is 52.7 Å². The minimum Gasteiger partial charge on any atom is -0.472 e. The quantitative estimate of drug-likeness (QED) is 0.141. The van der Waals surface area contributed by atoms with Gasteiger partial charge in [0.1, 0.15) is 23.4 Å². The third-order valence-corrected chi connectivity index (χ3v) is 17.1. The summed E-state index contributed by atoms with van der Waals surface area (Å²) in [5.41, 5.74) is 8.34. The lowest BCUT2D eigenvalue weighted by Gasteiger charge is -2.19. The number of hydrogen-bond donors (Lipinski definition) is 0. The number of furan rings is 1. The van der Waals surface area contributed by atoms with E-state index in [0.717, 1.165) is 57.3 Å². The molecule has 1 saturated carbocycles. The Hall–Kier alpha value is -7.42. The summed E-state index contributed by atoms with van der Waals surface area (Å²) in [5, 5.41) is 25.4. The van der Waals surface area contributed by atoms with Crippen molar-refractivity contribution < 1.29 is 57.1 Å². The van der Waals surface area contributed by atoms with E-state index >= 15 is 0 Å². The van der Waals surface area contributed by atoms with E-state index in [0.29, 0.717) is 29.7 Å². The first kappa shape index (κ1) is 91.7. The van der Waals surface area contributed by atoms with Gasteiger partial charge in [-0.1, -0.05) is 207 Å². The highest BCUT2D eigenvalue weighted by molar-refractivity contribution is 7.17. The number of aryl methyl sites for hydroxylation is 2. The van der Waals surface area contributed by atoms with Crippen LogP contribution in [0.3, 0.4) is 0 Å². The third kappa shape index (κ3) is 32.6. The Balaban J connectivity index is 0.000000396. The predicted octanol–water partition coefficient (Wildman–Crippen LogP) is 26.4. The van der Waals surface area contributed by atoms with Crippen LogP contribution in [0.4, 0.5) is 52.7 Å². The van der Waals surface area contributed by atoms with Gasteiger partial charge in [0.25, 0.3) is 0 Å². The monoisotopic (exact) mass is 1470 g/mol. The van der Waals surface area contributed by atoms with Crippen LogP contribution in [-0.2, 0) is 30.2 Å². The molecule has 5 heterocycles. The molecule has 4 aromatic heterocycles. The van der Waals surface area contributed by atoms with E-state index in [2.05, 4.69) is 149 Å². The number of rotatable bonds is 8. The topological polar surface area (TPSA) is 94.7 Å². The van der Waals surface area contributed by atoms with Gasteiger partial charge in [0, 0.05) is 30.2 Å². The van der Waals surface area contributed by atoms with Crippen molar-refractivity contribution >= 4 is 21.4 Å². The zero-order valence-electron chi connectivity index (χ0n) is 64.5. The van der Waals surface area contributed by atoms with Gasteiger partial charge in [0.05, 0.1) is 54.1 Å². The maximum atomic E-state index is 13.0. The molecule has 1 aliphatic carbocycles. The fourth-order valence-corrected chi connectivity index (χ4v) is 11.2. The Labute approximate surface area is 610 Å². The minimum absolute atomic E-state index is 0.0618. The van der Waals surface area contributed by atoms with Gasteiger partial charge in [-0.15, -0.1) is 11.3 Å². The normalized spacial score (nSPS) is 14.1. The first-order chi connectivity index (χ1) is 47.3. The first-order valence-electron chi connectivity index (χ1n) is 34.8. The van der Waals surface area contributed by atoms with E-state index in [1.807, 2.05) is 101 Å². The number of thiophene rings is 1. The van der Waals surface area contributed by atoms with E-state index in [1.54, 1.807) is 38.5 Å². The summed E-state index contributed by atoms with van der Waals surface area (Å²) < 4.78 is 157. The molecule has 0 spiro atoms. The summed E-state index contributed by atoms with van der Waals surface area (Å²) in [6.07, 6.45) is 0.446. The molecular weight excluding hydrogens is 1360 g/mol. The number of nitriles is 2. The molecule has 7 nitrogen and oxygen atoms in total. The smallest absolute Gasteiger partial charge is 0.433 e. The van der Waals surface area contributed by atoms with Gasteiger partial charge in [-0.2, -0.15) is 59.5 Å². The largest absolute Gasteiger partial charge is 0.472 e. The fourth-order valence-electron chi connectivity index (χ4n) is 10.0.